The third-order valence-electron chi connectivity index (χ3n) is 7.51. The summed E-state index contributed by atoms with van der Waals surface area (Å²) in [5.41, 5.74) is 6.35. The van der Waals surface area contributed by atoms with Crippen molar-refractivity contribution in [3.8, 4) is 11.5 Å². The van der Waals surface area contributed by atoms with Crippen LogP contribution in [0.2, 0.25) is 0 Å². The number of hydrogen-bond donors (Lipinski definition) is 2. The number of fused-ring (bicyclic) bond motifs is 1. The molecule has 210 valence electrons. The Morgan fingerprint density at radius 1 is 1.15 bits per heavy atom. The van der Waals surface area contributed by atoms with Crippen LogP contribution in [0.1, 0.15) is 43.0 Å². The predicted molar refractivity (Wildman–Crippen MR) is 137 cm³/mol. The van der Waals surface area contributed by atoms with E-state index in [2.05, 4.69) is 4.98 Å². The van der Waals surface area contributed by atoms with Crippen molar-refractivity contribution < 1.29 is 36.9 Å². The SMILES string of the molecule is COc1ccc2ncc(CN)c([C@H](F)CCC3(C(=O)O)CCN(CCOc4cc(F)c(F)c(F)c4)CC3)c2c1. The quantitative estimate of drug-likeness (QED) is 0.252. The number of aromatic nitrogens is 1. The number of carbonyl (C=O) groups is 1. The number of nitrogens with two attached hydrogens (primary N) is 1. The molecule has 1 aromatic heterocycles. The van der Waals surface area contributed by atoms with Crippen molar-refractivity contribution >= 4 is 16.9 Å². The molecule has 3 N–H and O–H groups in total. The molecule has 0 unspecified atom stereocenters. The normalized spacial score (nSPS) is 16.3. The number of pyridine rings is 1. The van der Waals surface area contributed by atoms with Crippen LogP contribution in [0.15, 0.2) is 36.5 Å². The standard InChI is InChI=1S/C28H31F4N3O4/c1-38-18-2-3-24-20(12-18)25(17(15-33)16-34-24)21(29)4-5-28(27(36)37)6-8-35(9-7-28)10-11-39-19-13-22(30)26(32)23(31)14-19/h2-3,12-14,16,21H,4-11,15,33H2,1H3,(H,36,37)/t21-/m1/s1. The summed E-state index contributed by atoms with van der Waals surface area (Å²) in [5.74, 6) is -4.77. The molecule has 1 atom stereocenters. The number of carboxylic acid groups (broad SMARTS) is 1. The van der Waals surface area contributed by atoms with Crippen LogP contribution in [0.5, 0.6) is 11.5 Å². The molecule has 2 aromatic carbocycles. The summed E-state index contributed by atoms with van der Waals surface area (Å²) in [6.07, 6.45) is 0.868. The maximum absolute atomic E-state index is 15.8. The fourth-order valence-corrected chi connectivity index (χ4v) is 5.12. The first-order valence-electron chi connectivity index (χ1n) is 12.7. The van der Waals surface area contributed by atoms with Crippen LogP contribution in [-0.4, -0.2) is 54.3 Å². The van der Waals surface area contributed by atoms with Crippen molar-refractivity contribution in [1.29, 1.82) is 0 Å². The van der Waals surface area contributed by atoms with Crippen LogP contribution < -0.4 is 15.2 Å². The van der Waals surface area contributed by atoms with Crippen molar-refractivity contribution in [1.82, 2.24) is 9.88 Å². The molecule has 2 heterocycles. The number of carboxylic acids is 1. The minimum Gasteiger partial charge on any atom is -0.497 e. The summed E-state index contributed by atoms with van der Waals surface area (Å²) in [6.45, 7) is 1.42. The molecule has 0 amide bonds. The van der Waals surface area contributed by atoms with Gasteiger partial charge in [0, 0.05) is 42.4 Å². The molecule has 0 saturated carbocycles. The number of aliphatic carboxylic acids is 1. The number of methoxy groups -OCH3 is 1. The van der Waals surface area contributed by atoms with Gasteiger partial charge in [-0.2, -0.15) is 0 Å². The zero-order valence-corrected chi connectivity index (χ0v) is 21.6. The number of ether oxygens (including phenoxy) is 2. The van der Waals surface area contributed by atoms with Crippen LogP contribution in [0.3, 0.4) is 0 Å². The number of piperidine rings is 1. The van der Waals surface area contributed by atoms with Gasteiger partial charge in [-0.3, -0.25) is 14.7 Å². The van der Waals surface area contributed by atoms with E-state index in [1.54, 1.807) is 24.4 Å². The zero-order valence-electron chi connectivity index (χ0n) is 21.6. The number of rotatable bonds is 11. The van der Waals surface area contributed by atoms with E-state index in [1.165, 1.54) is 7.11 Å². The summed E-state index contributed by atoms with van der Waals surface area (Å²) in [7, 11) is 1.52. The molecular formula is C28H31F4N3O4. The molecule has 1 aliphatic rings. The summed E-state index contributed by atoms with van der Waals surface area (Å²) in [5, 5.41) is 10.7. The predicted octanol–water partition coefficient (Wildman–Crippen LogP) is 5.16. The number of halogens is 4. The van der Waals surface area contributed by atoms with E-state index in [9.17, 15) is 23.1 Å². The summed E-state index contributed by atoms with van der Waals surface area (Å²) >= 11 is 0. The minimum absolute atomic E-state index is 0.000426. The first kappa shape index (κ1) is 28.6. The average Bonchev–Trinajstić information content (AvgIpc) is 2.94. The fraction of sp³-hybridized carbons (Fsp3) is 0.429. The number of hydrogen-bond acceptors (Lipinski definition) is 6. The topological polar surface area (TPSA) is 97.9 Å². The van der Waals surface area contributed by atoms with Crippen LogP contribution in [0, 0.1) is 22.9 Å². The molecule has 11 heteroatoms. The van der Waals surface area contributed by atoms with Gasteiger partial charge in [-0.15, -0.1) is 0 Å². The Hall–Kier alpha value is -3.44. The highest BCUT2D eigenvalue weighted by atomic mass is 19.2. The second-order valence-corrected chi connectivity index (χ2v) is 9.77. The van der Waals surface area contributed by atoms with Crippen molar-refractivity contribution in [2.24, 2.45) is 11.1 Å². The highest BCUT2D eigenvalue weighted by molar-refractivity contribution is 5.85. The Morgan fingerprint density at radius 3 is 2.46 bits per heavy atom. The second-order valence-electron chi connectivity index (χ2n) is 9.77. The van der Waals surface area contributed by atoms with E-state index in [4.69, 9.17) is 15.2 Å². The Balaban J connectivity index is 1.38. The lowest BCUT2D eigenvalue weighted by atomic mass is 9.74. The maximum Gasteiger partial charge on any atom is 0.309 e. The molecule has 3 aromatic rings. The Morgan fingerprint density at radius 2 is 1.85 bits per heavy atom. The highest BCUT2D eigenvalue weighted by Gasteiger charge is 2.41. The van der Waals surface area contributed by atoms with Gasteiger partial charge in [0.15, 0.2) is 17.5 Å². The summed E-state index contributed by atoms with van der Waals surface area (Å²) < 4.78 is 66.3. The Kier molecular flexibility index (Phi) is 8.91. The number of likely N-dealkylation sites (tertiary alicyclic amines) is 1. The van der Waals surface area contributed by atoms with Gasteiger partial charge in [0.1, 0.15) is 24.3 Å². The van der Waals surface area contributed by atoms with E-state index >= 15 is 4.39 Å². The maximum atomic E-state index is 15.8. The van der Waals surface area contributed by atoms with Gasteiger partial charge in [-0.05, 0) is 62.5 Å². The molecule has 0 aliphatic carbocycles. The molecule has 0 bridgehead atoms. The third-order valence-corrected chi connectivity index (χ3v) is 7.51. The van der Waals surface area contributed by atoms with Gasteiger partial charge in [0.25, 0.3) is 0 Å². The minimum atomic E-state index is -1.56. The second kappa shape index (κ2) is 12.2. The Labute approximate surface area is 223 Å². The number of nitrogens with zero attached hydrogens (tertiary/aromatic N) is 2. The fourth-order valence-electron chi connectivity index (χ4n) is 5.12. The lowest BCUT2D eigenvalue weighted by Gasteiger charge is -2.39. The van der Waals surface area contributed by atoms with Gasteiger partial charge in [-0.25, -0.2) is 17.6 Å². The van der Waals surface area contributed by atoms with Gasteiger partial charge >= 0.3 is 5.97 Å². The smallest absolute Gasteiger partial charge is 0.309 e. The monoisotopic (exact) mass is 549 g/mol. The largest absolute Gasteiger partial charge is 0.497 e. The molecule has 1 saturated heterocycles. The first-order valence-corrected chi connectivity index (χ1v) is 12.7. The zero-order chi connectivity index (χ0) is 28.2. The Bertz CT molecular complexity index is 1300. The molecule has 7 nitrogen and oxygen atoms in total. The van der Waals surface area contributed by atoms with E-state index in [0.29, 0.717) is 60.3 Å². The van der Waals surface area contributed by atoms with E-state index < -0.39 is 35.0 Å². The molecule has 1 aliphatic heterocycles. The van der Waals surface area contributed by atoms with Crippen LogP contribution >= 0.6 is 0 Å². The van der Waals surface area contributed by atoms with Crippen molar-refractivity contribution in [2.45, 2.75) is 38.4 Å². The van der Waals surface area contributed by atoms with Crippen LogP contribution in [0.25, 0.3) is 10.9 Å². The summed E-state index contributed by atoms with van der Waals surface area (Å²) in [6, 6.07) is 6.74. The highest BCUT2D eigenvalue weighted by Crippen LogP contribution is 2.41. The number of alkyl halides is 1. The van der Waals surface area contributed by atoms with E-state index in [-0.39, 0.29) is 31.7 Å². The van der Waals surface area contributed by atoms with Gasteiger partial charge in [0.2, 0.25) is 0 Å². The average molecular weight is 550 g/mol. The summed E-state index contributed by atoms with van der Waals surface area (Å²) in [4.78, 5) is 18.7. The van der Waals surface area contributed by atoms with Crippen LogP contribution in [0.4, 0.5) is 17.6 Å². The van der Waals surface area contributed by atoms with Gasteiger partial charge < -0.3 is 20.3 Å². The molecule has 4 rings (SSSR count). The lowest BCUT2D eigenvalue weighted by Crippen LogP contribution is -2.45. The van der Waals surface area contributed by atoms with Crippen molar-refractivity contribution in [3.05, 3.63) is 65.1 Å². The molecule has 0 radical (unpaired) electrons. The molecule has 39 heavy (non-hydrogen) atoms. The van der Waals surface area contributed by atoms with Crippen molar-refractivity contribution in [3.63, 3.8) is 0 Å². The van der Waals surface area contributed by atoms with Gasteiger partial charge in [0.05, 0.1) is 18.0 Å². The van der Waals surface area contributed by atoms with Gasteiger partial charge in [-0.1, -0.05) is 0 Å². The number of benzene rings is 2. The van der Waals surface area contributed by atoms with E-state index in [0.717, 1.165) is 12.1 Å². The van der Waals surface area contributed by atoms with Crippen LogP contribution in [-0.2, 0) is 11.3 Å². The molecule has 0 spiro atoms. The lowest BCUT2D eigenvalue weighted by molar-refractivity contribution is -0.153. The molecule has 1 fully saturated rings. The molecular weight excluding hydrogens is 518 g/mol. The third kappa shape index (κ3) is 6.25. The van der Waals surface area contributed by atoms with E-state index in [1.807, 2.05) is 4.90 Å². The van der Waals surface area contributed by atoms with Crippen molar-refractivity contribution in [2.75, 3.05) is 33.4 Å². The first-order chi connectivity index (χ1) is 18.7.